The summed E-state index contributed by atoms with van der Waals surface area (Å²) >= 11 is 7.37. The fourth-order valence-corrected chi connectivity index (χ4v) is 3.52. The molecule has 0 saturated heterocycles. The minimum atomic E-state index is -0.362. The predicted octanol–water partition coefficient (Wildman–Crippen LogP) is 4.66. The fraction of sp³-hybridized carbons (Fsp3) is 0.150. The van der Waals surface area contributed by atoms with Crippen molar-refractivity contribution < 1.29 is 13.9 Å². The number of rotatable bonds is 8. The maximum Gasteiger partial charge on any atom is 0.234 e. The summed E-state index contributed by atoms with van der Waals surface area (Å²) in [5, 5.41) is 12.3. The van der Waals surface area contributed by atoms with E-state index in [1.54, 1.807) is 31.4 Å². The highest BCUT2D eigenvalue weighted by atomic mass is 35.5. The largest absolute Gasteiger partial charge is 0.496 e. The topological polar surface area (TPSA) is 69.0 Å². The van der Waals surface area contributed by atoms with Crippen LogP contribution in [0.1, 0.15) is 0 Å². The van der Waals surface area contributed by atoms with Crippen LogP contribution in [0.15, 0.2) is 60.3 Å². The maximum atomic E-state index is 13.0. The van der Waals surface area contributed by atoms with Gasteiger partial charge in [0.1, 0.15) is 11.6 Å². The average Bonchev–Trinajstić information content (AvgIpc) is 3.11. The minimum Gasteiger partial charge on any atom is -0.496 e. The van der Waals surface area contributed by atoms with E-state index in [0.29, 0.717) is 39.5 Å². The number of carbonyl (C=O) groups is 1. The number of ether oxygens (including phenoxy) is 1. The monoisotopic (exact) mass is 432 g/mol. The van der Waals surface area contributed by atoms with Crippen LogP contribution in [-0.2, 0) is 11.3 Å². The first-order valence-electron chi connectivity index (χ1n) is 8.58. The van der Waals surface area contributed by atoms with Crippen molar-refractivity contribution in [1.82, 2.24) is 14.8 Å². The van der Waals surface area contributed by atoms with Crippen LogP contribution in [0.5, 0.6) is 5.75 Å². The molecule has 0 radical (unpaired) electrons. The van der Waals surface area contributed by atoms with Crippen molar-refractivity contribution in [2.75, 3.05) is 18.2 Å². The summed E-state index contributed by atoms with van der Waals surface area (Å²) in [7, 11) is 1.57. The second-order valence-corrected chi connectivity index (χ2v) is 7.27. The second-order valence-electron chi connectivity index (χ2n) is 5.89. The molecule has 2 aromatic carbocycles. The lowest BCUT2D eigenvalue weighted by Crippen LogP contribution is -2.14. The number of methoxy groups -OCH3 is 1. The van der Waals surface area contributed by atoms with Gasteiger partial charge in [0.25, 0.3) is 0 Å². The van der Waals surface area contributed by atoms with Crippen LogP contribution in [0.4, 0.5) is 10.1 Å². The molecule has 0 spiro atoms. The van der Waals surface area contributed by atoms with E-state index in [9.17, 15) is 9.18 Å². The van der Waals surface area contributed by atoms with Gasteiger partial charge in [-0.15, -0.1) is 16.8 Å². The molecule has 0 aliphatic carbocycles. The van der Waals surface area contributed by atoms with E-state index in [4.69, 9.17) is 16.3 Å². The van der Waals surface area contributed by atoms with Gasteiger partial charge in [0.15, 0.2) is 11.0 Å². The van der Waals surface area contributed by atoms with E-state index in [2.05, 4.69) is 22.1 Å². The number of hydrogen-bond acceptors (Lipinski definition) is 5. The standard InChI is InChI=1S/C20H18ClFN4O2S/c1-3-10-26-19(16-11-13(21)4-9-17(16)28-2)24-25-20(26)29-12-18(27)23-15-7-5-14(22)6-8-15/h3-9,11H,1,10,12H2,2H3,(H,23,27). The van der Waals surface area contributed by atoms with Crippen LogP contribution in [0.2, 0.25) is 5.02 Å². The second kappa shape index (κ2) is 9.58. The van der Waals surface area contributed by atoms with Gasteiger partial charge in [0, 0.05) is 17.3 Å². The number of allylic oxidation sites excluding steroid dienone is 1. The number of nitrogens with zero attached hydrogens (tertiary/aromatic N) is 3. The molecule has 1 heterocycles. The van der Waals surface area contributed by atoms with Crippen molar-refractivity contribution in [3.63, 3.8) is 0 Å². The molecule has 3 aromatic rings. The molecule has 6 nitrogen and oxygen atoms in total. The molecule has 9 heteroatoms. The quantitative estimate of drug-likeness (QED) is 0.414. The summed E-state index contributed by atoms with van der Waals surface area (Å²) in [6.45, 7) is 4.22. The van der Waals surface area contributed by atoms with Gasteiger partial charge in [-0.1, -0.05) is 29.4 Å². The first-order chi connectivity index (χ1) is 14.0. The zero-order chi connectivity index (χ0) is 20.8. The lowest BCUT2D eigenvalue weighted by Gasteiger charge is -2.11. The van der Waals surface area contributed by atoms with Crippen molar-refractivity contribution >= 4 is 35.0 Å². The Morgan fingerprint density at radius 2 is 2.07 bits per heavy atom. The highest BCUT2D eigenvalue weighted by Crippen LogP contribution is 2.33. The van der Waals surface area contributed by atoms with E-state index < -0.39 is 0 Å². The van der Waals surface area contributed by atoms with Crippen LogP contribution < -0.4 is 10.1 Å². The Labute approximate surface area is 176 Å². The van der Waals surface area contributed by atoms with Crippen LogP contribution in [0.3, 0.4) is 0 Å². The Morgan fingerprint density at radius 3 is 2.76 bits per heavy atom. The Bertz CT molecular complexity index is 1020. The molecule has 150 valence electrons. The van der Waals surface area contributed by atoms with E-state index >= 15 is 0 Å². The lowest BCUT2D eigenvalue weighted by atomic mass is 10.2. The molecule has 0 saturated carbocycles. The summed E-state index contributed by atoms with van der Waals surface area (Å²) in [5.74, 6) is 0.679. The third-order valence-corrected chi connectivity index (χ3v) is 5.09. The van der Waals surface area contributed by atoms with Crippen LogP contribution >= 0.6 is 23.4 Å². The van der Waals surface area contributed by atoms with E-state index in [1.165, 1.54) is 36.0 Å². The number of thioether (sulfide) groups is 1. The van der Waals surface area contributed by atoms with Crippen molar-refractivity contribution in [3.8, 4) is 17.1 Å². The third kappa shape index (κ3) is 5.16. The third-order valence-electron chi connectivity index (χ3n) is 3.89. The van der Waals surface area contributed by atoms with Crippen molar-refractivity contribution in [1.29, 1.82) is 0 Å². The summed E-state index contributed by atoms with van der Waals surface area (Å²) in [6.07, 6.45) is 1.71. The number of aromatic nitrogens is 3. The molecule has 1 N–H and O–H groups in total. The number of benzene rings is 2. The minimum absolute atomic E-state index is 0.110. The van der Waals surface area contributed by atoms with E-state index in [1.807, 2.05) is 4.57 Å². The Morgan fingerprint density at radius 1 is 1.31 bits per heavy atom. The smallest absolute Gasteiger partial charge is 0.234 e. The Hall–Kier alpha value is -2.84. The molecule has 0 aliphatic rings. The Balaban J connectivity index is 1.78. The number of nitrogens with one attached hydrogen (secondary N) is 1. The van der Waals surface area contributed by atoms with Gasteiger partial charge < -0.3 is 10.1 Å². The zero-order valence-corrected chi connectivity index (χ0v) is 17.1. The number of hydrogen-bond donors (Lipinski definition) is 1. The SMILES string of the molecule is C=CCn1c(SCC(=O)Nc2ccc(F)cc2)nnc1-c1cc(Cl)ccc1OC. The van der Waals surface area contributed by atoms with Crippen LogP contribution in [0.25, 0.3) is 11.4 Å². The first-order valence-corrected chi connectivity index (χ1v) is 9.94. The highest BCUT2D eigenvalue weighted by Gasteiger charge is 2.18. The zero-order valence-electron chi connectivity index (χ0n) is 15.6. The first kappa shape index (κ1) is 20.9. The summed E-state index contributed by atoms with van der Waals surface area (Å²) in [4.78, 5) is 12.2. The molecule has 29 heavy (non-hydrogen) atoms. The lowest BCUT2D eigenvalue weighted by molar-refractivity contribution is -0.113. The normalized spacial score (nSPS) is 10.6. The van der Waals surface area contributed by atoms with Crippen molar-refractivity contribution in [2.24, 2.45) is 0 Å². The molecular weight excluding hydrogens is 415 g/mol. The van der Waals surface area contributed by atoms with E-state index in [-0.39, 0.29) is 17.5 Å². The summed E-state index contributed by atoms with van der Waals surface area (Å²) in [5.41, 5.74) is 1.21. The number of carbonyl (C=O) groups excluding carboxylic acids is 1. The number of halogens is 2. The molecule has 0 aliphatic heterocycles. The molecule has 1 amide bonds. The molecule has 0 bridgehead atoms. The molecule has 0 unspecified atom stereocenters. The molecule has 3 rings (SSSR count). The predicted molar refractivity (Wildman–Crippen MR) is 113 cm³/mol. The van der Waals surface area contributed by atoms with Gasteiger partial charge in [-0.05, 0) is 42.5 Å². The van der Waals surface area contributed by atoms with Gasteiger partial charge in [-0.2, -0.15) is 0 Å². The average molecular weight is 433 g/mol. The van der Waals surface area contributed by atoms with Crippen LogP contribution in [-0.4, -0.2) is 33.5 Å². The number of anilines is 1. The van der Waals surface area contributed by atoms with Gasteiger partial charge in [-0.25, -0.2) is 4.39 Å². The molecular formula is C20H18ClFN4O2S. The molecule has 0 fully saturated rings. The van der Waals surface area contributed by atoms with Crippen molar-refractivity contribution in [3.05, 3.63) is 66.0 Å². The van der Waals surface area contributed by atoms with E-state index in [0.717, 1.165) is 0 Å². The maximum absolute atomic E-state index is 13.0. The summed E-state index contributed by atoms with van der Waals surface area (Å²) < 4.78 is 20.2. The van der Waals surface area contributed by atoms with Gasteiger partial charge in [0.2, 0.25) is 5.91 Å². The van der Waals surface area contributed by atoms with Gasteiger partial charge >= 0.3 is 0 Å². The Kier molecular flexibility index (Phi) is 6.90. The fourth-order valence-electron chi connectivity index (χ4n) is 2.60. The van der Waals surface area contributed by atoms with Gasteiger partial charge in [0.05, 0.1) is 18.4 Å². The van der Waals surface area contributed by atoms with Crippen molar-refractivity contribution in [2.45, 2.75) is 11.7 Å². The van der Waals surface area contributed by atoms with Gasteiger partial charge in [-0.3, -0.25) is 9.36 Å². The highest BCUT2D eigenvalue weighted by molar-refractivity contribution is 7.99. The molecule has 1 aromatic heterocycles. The molecule has 0 atom stereocenters. The van der Waals surface area contributed by atoms with Crippen LogP contribution in [0, 0.1) is 5.82 Å². The summed E-state index contributed by atoms with van der Waals surface area (Å²) in [6, 6.07) is 10.8. The number of amides is 1.